The highest BCUT2D eigenvalue weighted by molar-refractivity contribution is 4.73. The molecule has 1 aliphatic rings. The van der Waals surface area contributed by atoms with Gasteiger partial charge in [0.1, 0.15) is 6.10 Å². The van der Waals surface area contributed by atoms with Gasteiger partial charge in [-0.3, -0.25) is 0 Å². The fourth-order valence-corrected chi connectivity index (χ4v) is 1.11. The van der Waals surface area contributed by atoms with Crippen LogP contribution in [0, 0.1) is 0 Å². The molecule has 2 N–H and O–H groups in total. The third-order valence-electron chi connectivity index (χ3n) is 1.76. The van der Waals surface area contributed by atoms with E-state index in [4.69, 9.17) is 19.7 Å². The molecule has 2 unspecified atom stereocenters. The zero-order chi connectivity index (χ0) is 8.32. The van der Waals surface area contributed by atoms with Crippen LogP contribution >= 0.6 is 0 Å². The van der Waals surface area contributed by atoms with Crippen molar-refractivity contribution in [2.24, 2.45) is 0 Å². The SMILES string of the molecule is CC1(CCO)OCC(CO)O1. The average Bonchev–Trinajstić information content (AvgIpc) is 2.33. The highest BCUT2D eigenvalue weighted by Gasteiger charge is 2.36. The molecule has 2 atom stereocenters. The van der Waals surface area contributed by atoms with Gasteiger partial charge in [-0.1, -0.05) is 0 Å². The average molecular weight is 162 g/mol. The number of hydrogen-bond acceptors (Lipinski definition) is 4. The van der Waals surface area contributed by atoms with Gasteiger partial charge in [-0.2, -0.15) is 0 Å². The van der Waals surface area contributed by atoms with Crippen molar-refractivity contribution in [1.29, 1.82) is 0 Å². The van der Waals surface area contributed by atoms with Crippen molar-refractivity contribution < 1.29 is 19.7 Å². The van der Waals surface area contributed by atoms with Crippen LogP contribution in [0.15, 0.2) is 0 Å². The number of hydrogen-bond donors (Lipinski definition) is 2. The zero-order valence-electron chi connectivity index (χ0n) is 6.62. The molecule has 4 heteroatoms. The third-order valence-corrected chi connectivity index (χ3v) is 1.76. The van der Waals surface area contributed by atoms with E-state index in [1.807, 2.05) is 0 Å². The van der Waals surface area contributed by atoms with E-state index in [0.717, 1.165) is 0 Å². The van der Waals surface area contributed by atoms with Crippen molar-refractivity contribution in [2.45, 2.75) is 25.2 Å². The molecule has 0 spiro atoms. The highest BCUT2D eigenvalue weighted by Crippen LogP contribution is 2.25. The summed E-state index contributed by atoms with van der Waals surface area (Å²) in [5.41, 5.74) is 0. The van der Waals surface area contributed by atoms with Gasteiger partial charge in [0.05, 0.1) is 13.2 Å². The second kappa shape index (κ2) is 3.49. The molecule has 0 aliphatic carbocycles. The minimum atomic E-state index is -0.692. The third kappa shape index (κ3) is 2.13. The summed E-state index contributed by atoms with van der Waals surface area (Å²) in [6.07, 6.45) is 0.218. The van der Waals surface area contributed by atoms with Gasteiger partial charge in [-0.25, -0.2) is 0 Å². The van der Waals surface area contributed by atoms with E-state index >= 15 is 0 Å². The van der Waals surface area contributed by atoms with Crippen LogP contribution in [0.3, 0.4) is 0 Å². The zero-order valence-corrected chi connectivity index (χ0v) is 6.62. The normalized spacial score (nSPS) is 37.9. The lowest BCUT2D eigenvalue weighted by molar-refractivity contribution is -0.166. The predicted octanol–water partition coefficient (Wildman–Crippen LogP) is -0.507. The Bertz CT molecular complexity index is 128. The minimum absolute atomic E-state index is 0.0268. The Balaban J connectivity index is 2.37. The Morgan fingerprint density at radius 2 is 2.27 bits per heavy atom. The van der Waals surface area contributed by atoms with Crippen molar-refractivity contribution in [3.05, 3.63) is 0 Å². The first-order valence-corrected chi connectivity index (χ1v) is 3.74. The maximum atomic E-state index is 8.70. The summed E-state index contributed by atoms with van der Waals surface area (Å²) in [4.78, 5) is 0. The number of ether oxygens (including phenoxy) is 2. The maximum Gasteiger partial charge on any atom is 0.168 e. The van der Waals surface area contributed by atoms with E-state index in [2.05, 4.69) is 0 Å². The van der Waals surface area contributed by atoms with Crippen molar-refractivity contribution in [3.63, 3.8) is 0 Å². The van der Waals surface area contributed by atoms with E-state index in [1.54, 1.807) is 6.92 Å². The lowest BCUT2D eigenvalue weighted by Gasteiger charge is -2.21. The van der Waals surface area contributed by atoms with E-state index in [0.29, 0.717) is 13.0 Å². The van der Waals surface area contributed by atoms with E-state index in [-0.39, 0.29) is 19.3 Å². The molecule has 1 saturated heterocycles. The van der Waals surface area contributed by atoms with Gasteiger partial charge in [0, 0.05) is 13.0 Å². The molecule has 0 aromatic carbocycles. The van der Waals surface area contributed by atoms with Crippen LogP contribution in [0.25, 0.3) is 0 Å². The molecule has 1 fully saturated rings. The molecule has 0 aromatic rings. The first-order chi connectivity index (χ1) is 5.20. The second-order valence-electron chi connectivity index (χ2n) is 2.84. The van der Waals surface area contributed by atoms with Gasteiger partial charge < -0.3 is 19.7 Å². The van der Waals surface area contributed by atoms with E-state index < -0.39 is 5.79 Å². The van der Waals surface area contributed by atoms with Crippen LogP contribution in [0.4, 0.5) is 0 Å². The van der Waals surface area contributed by atoms with Gasteiger partial charge in [0.2, 0.25) is 0 Å². The van der Waals surface area contributed by atoms with Crippen LogP contribution in [0.2, 0.25) is 0 Å². The highest BCUT2D eigenvalue weighted by atomic mass is 16.7. The molecule has 0 bridgehead atoms. The van der Waals surface area contributed by atoms with Crippen molar-refractivity contribution >= 4 is 0 Å². The molecule has 1 rings (SSSR count). The first kappa shape index (κ1) is 8.93. The standard InChI is InChI=1S/C7H14O4/c1-7(2-3-8)10-5-6(4-9)11-7/h6,8-9H,2-5H2,1H3. The van der Waals surface area contributed by atoms with Crippen molar-refractivity contribution in [2.75, 3.05) is 19.8 Å². The number of rotatable bonds is 3. The molecular weight excluding hydrogens is 148 g/mol. The topological polar surface area (TPSA) is 58.9 Å². The predicted molar refractivity (Wildman–Crippen MR) is 38.0 cm³/mol. The summed E-state index contributed by atoms with van der Waals surface area (Å²) >= 11 is 0. The smallest absolute Gasteiger partial charge is 0.168 e. The number of aliphatic hydroxyl groups is 2. The molecule has 66 valence electrons. The first-order valence-electron chi connectivity index (χ1n) is 3.74. The molecule has 4 nitrogen and oxygen atoms in total. The Morgan fingerprint density at radius 3 is 2.73 bits per heavy atom. The monoisotopic (exact) mass is 162 g/mol. The molecule has 0 amide bonds. The second-order valence-corrected chi connectivity index (χ2v) is 2.84. The van der Waals surface area contributed by atoms with Gasteiger partial charge >= 0.3 is 0 Å². The molecule has 1 aliphatic heterocycles. The van der Waals surface area contributed by atoms with Crippen molar-refractivity contribution in [1.82, 2.24) is 0 Å². The fourth-order valence-electron chi connectivity index (χ4n) is 1.11. The van der Waals surface area contributed by atoms with E-state index in [9.17, 15) is 0 Å². The van der Waals surface area contributed by atoms with Crippen LogP contribution < -0.4 is 0 Å². The van der Waals surface area contributed by atoms with Crippen LogP contribution in [-0.4, -0.2) is 41.9 Å². The van der Waals surface area contributed by atoms with Crippen LogP contribution in [0.1, 0.15) is 13.3 Å². The summed E-state index contributed by atoms with van der Waals surface area (Å²) in [6.45, 7) is 2.18. The lowest BCUT2D eigenvalue weighted by atomic mass is 10.2. The lowest BCUT2D eigenvalue weighted by Crippen LogP contribution is -2.28. The van der Waals surface area contributed by atoms with E-state index in [1.165, 1.54) is 0 Å². The molecule has 0 saturated carbocycles. The summed E-state index contributed by atoms with van der Waals surface area (Å²) in [5.74, 6) is -0.692. The molecular formula is C7H14O4. The van der Waals surface area contributed by atoms with Crippen LogP contribution in [0.5, 0.6) is 0 Å². The Morgan fingerprint density at radius 1 is 1.55 bits per heavy atom. The Kier molecular flexibility index (Phi) is 2.84. The maximum absolute atomic E-state index is 8.70. The molecule has 1 heterocycles. The molecule has 0 radical (unpaired) electrons. The summed E-state index contributed by atoms with van der Waals surface area (Å²) in [7, 11) is 0. The Hall–Kier alpha value is -0.160. The minimum Gasteiger partial charge on any atom is -0.396 e. The van der Waals surface area contributed by atoms with Crippen LogP contribution in [-0.2, 0) is 9.47 Å². The van der Waals surface area contributed by atoms with Gasteiger partial charge in [0.25, 0.3) is 0 Å². The van der Waals surface area contributed by atoms with Gasteiger partial charge in [-0.05, 0) is 6.92 Å². The van der Waals surface area contributed by atoms with Gasteiger partial charge in [0.15, 0.2) is 5.79 Å². The molecule has 11 heavy (non-hydrogen) atoms. The summed E-state index contributed by atoms with van der Waals surface area (Å²) < 4.78 is 10.5. The summed E-state index contributed by atoms with van der Waals surface area (Å²) in [5, 5.41) is 17.3. The summed E-state index contributed by atoms with van der Waals surface area (Å²) in [6, 6.07) is 0. The quantitative estimate of drug-likeness (QED) is 0.587. The number of aliphatic hydroxyl groups excluding tert-OH is 2. The molecule has 0 aromatic heterocycles. The van der Waals surface area contributed by atoms with Gasteiger partial charge in [-0.15, -0.1) is 0 Å². The Labute approximate surface area is 65.7 Å². The largest absolute Gasteiger partial charge is 0.396 e. The fraction of sp³-hybridized carbons (Fsp3) is 1.00. The van der Waals surface area contributed by atoms with Crippen molar-refractivity contribution in [3.8, 4) is 0 Å².